The van der Waals surface area contributed by atoms with Gasteiger partial charge in [-0.2, -0.15) is 0 Å². The maximum atomic E-state index is 11.0. The molecule has 0 saturated heterocycles. The lowest BCUT2D eigenvalue weighted by atomic mass is 10.1. The van der Waals surface area contributed by atoms with Gasteiger partial charge in [0.2, 0.25) is 0 Å². The molecule has 0 amide bonds. The summed E-state index contributed by atoms with van der Waals surface area (Å²) in [6.45, 7) is 1.64. The molecule has 0 heterocycles. The highest BCUT2D eigenvalue weighted by atomic mass is 16.5. The van der Waals surface area contributed by atoms with Crippen LogP contribution in [0.1, 0.15) is 25.0 Å². The van der Waals surface area contributed by atoms with Crippen molar-refractivity contribution >= 4 is 5.97 Å². The van der Waals surface area contributed by atoms with E-state index in [1.54, 1.807) is 0 Å². The Kier molecular flexibility index (Phi) is 4.13. The monoisotopic (exact) mass is 194 g/mol. The molecule has 0 aromatic heterocycles. The second-order valence-electron chi connectivity index (χ2n) is 3.02. The third kappa shape index (κ3) is 3.18. The highest BCUT2D eigenvalue weighted by Crippen LogP contribution is 2.16. The van der Waals surface area contributed by atoms with Crippen molar-refractivity contribution in [2.45, 2.75) is 19.4 Å². The van der Waals surface area contributed by atoms with Crippen LogP contribution < -0.4 is 0 Å². The van der Waals surface area contributed by atoms with Crippen molar-refractivity contribution in [1.29, 1.82) is 0 Å². The van der Waals surface area contributed by atoms with Gasteiger partial charge >= 0.3 is 5.97 Å². The summed E-state index contributed by atoms with van der Waals surface area (Å²) in [5.41, 5.74) is 0.957. The zero-order chi connectivity index (χ0) is 10.4. The molecule has 1 aromatic carbocycles. The average molecular weight is 194 g/mol. The van der Waals surface area contributed by atoms with Gasteiger partial charge in [0.05, 0.1) is 13.0 Å². The van der Waals surface area contributed by atoms with Crippen molar-refractivity contribution in [2.75, 3.05) is 6.61 Å². The van der Waals surface area contributed by atoms with E-state index in [-0.39, 0.29) is 25.1 Å². The number of rotatable bonds is 4. The van der Waals surface area contributed by atoms with Crippen LogP contribution in [0.5, 0.6) is 0 Å². The minimum absolute atomic E-state index is 0.0528. The molecule has 0 aliphatic heterocycles. The number of esters is 1. The minimum atomic E-state index is -0.371. The van der Waals surface area contributed by atoms with Gasteiger partial charge in [-0.05, 0) is 12.5 Å². The largest absolute Gasteiger partial charge is 0.458 e. The van der Waals surface area contributed by atoms with Crippen LogP contribution in [0.25, 0.3) is 0 Å². The third-order valence-electron chi connectivity index (χ3n) is 1.89. The van der Waals surface area contributed by atoms with Crippen LogP contribution in [0.3, 0.4) is 0 Å². The van der Waals surface area contributed by atoms with E-state index < -0.39 is 0 Å². The number of aliphatic hydroxyl groups excluding tert-OH is 1. The number of ether oxygens (including phenoxy) is 1. The smallest absolute Gasteiger partial charge is 0.308 e. The Morgan fingerprint density at radius 1 is 1.43 bits per heavy atom. The molecule has 3 heteroatoms. The molecule has 1 aromatic rings. The van der Waals surface area contributed by atoms with Crippen molar-refractivity contribution in [2.24, 2.45) is 0 Å². The highest BCUT2D eigenvalue weighted by Gasteiger charge is 2.09. The van der Waals surface area contributed by atoms with Gasteiger partial charge in [0, 0.05) is 0 Å². The fourth-order valence-electron chi connectivity index (χ4n) is 1.14. The lowest BCUT2D eigenvalue weighted by Gasteiger charge is -2.12. The van der Waals surface area contributed by atoms with Gasteiger partial charge in [-0.25, -0.2) is 0 Å². The van der Waals surface area contributed by atoms with Crippen LogP contribution in [-0.4, -0.2) is 17.7 Å². The van der Waals surface area contributed by atoms with Gasteiger partial charge in [-0.3, -0.25) is 4.79 Å². The summed E-state index contributed by atoms with van der Waals surface area (Å²) in [7, 11) is 0. The quantitative estimate of drug-likeness (QED) is 0.742. The molecule has 1 rings (SSSR count). The van der Waals surface area contributed by atoms with E-state index in [1.807, 2.05) is 37.3 Å². The fraction of sp³-hybridized carbons (Fsp3) is 0.364. The van der Waals surface area contributed by atoms with Crippen molar-refractivity contribution in [3.8, 4) is 0 Å². The van der Waals surface area contributed by atoms with Crippen LogP contribution in [0.2, 0.25) is 0 Å². The molecule has 0 fully saturated rings. The van der Waals surface area contributed by atoms with Crippen LogP contribution in [0, 0.1) is 0 Å². The van der Waals surface area contributed by atoms with Gasteiger partial charge < -0.3 is 9.84 Å². The first-order valence-electron chi connectivity index (χ1n) is 4.59. The number of carbonyl (C=O) groups excluding carboxylic acids is 1. The normalized spacial score (nSPS) is 12.1. The summed E-state index contributed by atoms with van der Waals surface area (Å²) < 4.78 is 5.08. The van der Waals surface area contributed by atoms with E-state index in [9.17, 15) is 4.79 Å². The molecule has 1 N–H and O–H groups in total. The van der Waals surface area contributed by atoms with Gasteiger partial charge in [-0.15, -0.1) is 0 Å². The van der Waals surface area contributed by atoms with E-state index in [1.165, 1.54) is 0 Å². The molecule has 0 aliphatic rings. The van der Waals surface area contributed by atoms with Crippen molar-refractivity contribution in [3.63, 3.8) is 0 Å². The summed E-state index contributed by atoms with van der Waals surface area (Å²) >= 11 is 0. The van der Waals surface area contributed by atoms with E-state index in [2.05, 4.69) is 0 Å². The number of hydrogen-bond donors (Lipinski definition) is 1. The predicted molar refractivity (Wildman–Crippen MR) is 52.7 cm³/mol. The predicted octanol–water partition coefficient (Wildman–Crippen LogP) is 1.67. The molecule has 3 nitrogen and oxygen atoms in total. The molecule has 0 spiro atoms. The van der Waals surface area contributed by atoms with Crippen LogP contribution in [0.15, 0.2) is 30.3 Å². The maximum absolute atomic E-state index is 11.0. The summed E-state index contributed by atoms with van der Waals surface area (Å²) in [6, 6.07) is 9.50. The van der Waals surface area contributed by atoms with Crippen molar-refractivity contribution < 1.29 is 14.6 Å². The third-order valence-corrected chi connectivity index (χ3v) is 1.89. The Hall–Kier alpha value is -1.35. The number of benzene rings is 1. The van der Waals surface area contributed by atoms with Gasteiger partial charge in [0.25, 0.3) is 0 Å². The molecule has 14 heavy (non-hydrogen) atoms. The summed E-state index contributed by atoms with van der Waals surface area (Å²) in [6.07, 6.45) is -0.202. The second-order valence-corrected chi connectivity index (χ2v) is 3.02. The van der Waals surface area contributed by atoms with E-state index in [0.717, 1.165) is 5.56 Å². The Labute approximate surface area is 83.3 Å². The van der Waals surface area contributed by atoms with Crippen molar-refractivity contribution in [3.05, 3.63) is 35.9 Å². The number of carbonyl (C=O) groups is 1. The minimum Gasteiger partial charge on any atom is -0.458 e. The number of hydrogen-bond acceptors (Lipinski definition) is 3. The molecule has 1 atom stereocenters. The molecule has 0 radical (unpaired) electrons. The van der Waals surface area contributed by atoms with E-state index >= 15 is 0 Å². The SMILES string of the molecule is CC(OC(=O)CCO)c1ccccc1. The fourth-order valence-corrected chi connectivity index (χ4v) is 1.14. The summed E-state index contributed by atoms with van der Waals surface area (Å²) in [4.78, 5) is 11.0. The Bertz CT molecular complexity index is 282. The van der Waals surface area contributed by atoms with Gasteiger partial charge in [-0.1, -0.05) is 30.3 Å². The average Bonchev–Trinajstić information content (AvgIpc) is 2.19. The summed E-state index contributed by atoms with van der Waals surface area (Å²) in [5, 5.41) is 8.52. The first-order chi connectivity index (χ1) is 6.74. The molecule has 0 saturated carbocycles. The van der Waals surface area contributed by atoms with E-state index in [0.29, 0.717) is 0 Å². The Morgan fingerprint density at radius 3 is 2.64 bits per heavy atom. The summed E-state index contributed by atoms with van der Waals surface area (Å²) in [5.74, 6) is -0.371. The second kappa shape index (κ2) is 5.40. The van der Waals surface area contributed by atoms with E-state index in [4.69, 9.17) is 9.84 Å². The lowest BCUT2D eigenvalue weighted by molar-refractivity contribution is -0.149. The zero-order valence-electron chi connectivity index (χ0n) is 8.14. The molecular weight excluding hydrogens is 180 g/mol. The standard InChI is InChI=1S/C11H14O3/c1-9(14-11(13)7-8-12)10-5-3-2-4-6-10/h2-6,9,12H,7-8H2,1H3. The molecule has 1 unspecified atom stereocenters. The molecule has 0 aliphatic carbocycles. The van der Waals surface area contributed by atoms with Crippen LogP contribution >= 0.6 is 0 Å². The first-order valence-corrected chi connectivity index (χ1v) is 4.59. The van der Waals surface area contributed by atoms with Crippen LogP contribution in [-0.2, 0) is 9.53 Å². The lowest BCUT2D eigenvalue weighted by Crippen LogP contribution is -2.09. The molecule has 0 bridgehead atoms. The molecule has 76 valence electrons. The maximum Gasteiger partial charge on any atom is 0.308 e. The Balaban J connectivity index is 2.50. The first kappa shape index (κ1) is 10.7. The molecular formula is C11H14O3. The zero-order valence-corrected chi connectivity index (χ0v) is 8.14. The van der Waals surface area contributed by atoms with Gasteiger partial charge in [0.15, 0.2) is 0 Å². The Morgan fingerprint density at radius 2 is 2.07 bits per heavy atom. The van der Waals surface area contributed by atoms with Crippen molar-refractivity contribution in [1.82, 2.24) is 0 Å². The number of aliphatic hydroxyl groups is 1. The van der Waals surface area contributed by atoms with Gasteiger partial charge in [0.1, 0.15) is 6.10 Å². The highest BCUT2D eigenvalue weighted by molar-refractivity contribution is 5.69. The topological polar surface area (TPSA) is 46.5 Å². The van der Waals surface area contributed by atoms with Crippen LogP contribution in [0.4, 0.5) is 0 Å².